The molecule has 0 aliphatic rings. The Kier molecular flexibility index (Phi) is 2.85. The number of hydrogen-bond acceptors (Lipinski definition) is 4. The minimum Gasteiger partial charge on any atom is -0.294 e. The van der Waals surface area contributed by atoms with Gasteiger partial charge in [-0.1, -0.05) is 11.6 Å². The molecule has 3 aromatic rings. The molecule has 0 bridgehead atoms. The van der Waals surface area contributed by atoms with Crippen molar-refractivity contribution in [2.75, 3.05) is 0 Å². The summed E-state index contributed by atoms with van der Waals surface area (Å²) in [6.45, 7) is 0.444. The molecule has 4 nitrogen and oxygen atoms in total. The molecule has 3 heterocycles. The number of hydrogen-bond donors (Lipinski definition) is 0. The first-order chi connectivity index (χ1) is 8.74. The lowest BCUT2D eigenvalue weighted by Crippen LogP contribution is -2.20. The highest BCUT2D eigenvalue weighted by atomic mass is 35.5. The van der Waals surface area contributed by atoms with Crippen LogP contribution in [0, 0.1) is 0 Å². The molecule has 18 heavy (non-hydrogen) atoms. The Morgan fingerprint density at radius 1 is 1.33 bits per heavy atom. The van der Waals surface area contributed by atoms with E-state index in [0.29, 0.717) is 17.1 Å². The maximum atomic E-state index is 12.2. The lowest BCUT2D eigenvalue weighted by molar-refractivity contribution is 0.748. The Balaban J connectivity index is 2.05. The van der Waals surface area contributed by atoms with Crippen LogP contribution in [0.15, 0.2) is 40.9 Å². The van der Waals surface area contributed by atoms with Crippen LogP contribution in [-0.4, -0.2) is 14.5 Å². The van der Waals surface area contributed by atoms with Crippen molar-refractivity contribution >= 4 is 33.2 Å². The van der Waals surface area contributed by atoms with E-state index in [1.807, 2.05) is 11.4 Å². The lowest BCUT2D eigenvalue weighted by Gasteiger charge is -2.05. The van der Waals surface area contributed by atoms with E-state index < -0.39 is 0 Å². The molecule has 90 valence electrons. The molecule has 0 aliphatic carbocycles. The zero-order valence-electron chi connectivity index (χ0n) is 9.21. The van der Waals surface area contributed by atoms with Crippen LogP contribution in [0.4, 0.5) is 0 Å². The van der Waals surface area contributed by atoms with Crippen LogP contribution in [0.5, 0.6) is 0 Å². The molecule has 0 saturated carbocycles. The number of thiophene rings is 1. The maximum Gasteiger partial charge on any atom is 0.262 e. The molecule has 3 aromatic heterocycles. The van der Waals surface area contributed by atoms with Crippen molar-refractivity contribution in [3.8, 4) is 0 Å². The highest BCUT2D eigenvalue weighted by Gasteiger charge is 2.05. The molecule has 0 atom stereocenters. The smallest absolute Gasteiger partial charge is 0.262 e. The van der Waals surface area contributed by atoms with E-state index in [0.717, 1.165) is 10.4 Å². The minimum absolute atomic E-state index is 0.0332. The van der Waals surface area contributed by atoms with Gasteiger partial charge in [-0.15, -0.1) is 11.3 Å². The van der Waals surface area contributed by atoms with Gasteiger partial charge in [0.15, 0.2) is 0 Å². The van der Waals surface area contributed by atoms with Crippen LogP contribution in [0.3, 0.4) is 0 Å². The van der Waals surface area contributed by atoms with Gasteiger partial charge in [-0.3, -0.25) is 9.36 Å². The SMILES string of the molecule is O=c1c2ccsc2ncn1Cc1ccnc(Cl)c1. The van der Waals surface area contributed by atoms with Gasteiger partial charge in [0.2, 0.25) is 0 Å². The fraction of sp³-hybridized carbons (Fsp3) is 0.0833. The summed E-state index contributed by atoms with van der Waals surface area (Å²) in [5, 5.41) is 2.94. The Bertz CT molecular complexity index is 765. The largest absolute Gasteiger partial charge is 0.294 e. The summed E-state index contributed by atoms with van der Waals surface area (Å²) in [7, 11) is 0. The van der Waals surface area contributed by atoms with Gasteiger partial charge in [-0.2, -0.15) is 0 Å². The second kappa shape index (κ2) is 4.51. The summed E-state index contributed by atoms with van der Waals surface area (Å²) in [4.78, 5) is 21.1. The molecule has 0 aromatic carbocycles. The summed E-state index contributed by atoms with van der Waals surface area (Å²) in [6, 6.07) is 5.37. The summed E-state index contributed by atoms with van der Waals surface area (Å²) < 4.78 is 1.57. The molecular weight excluding hydrogens is 270 g/mol. The van der Waals surface area contributed by atoms with Gasteiger partial charge >= 0.3 is 0 Å². The van der Waals surface area contributed by atoms with Crippen molar-refractivity contribution in [1.82, 2.24) is 14.5 Å². The van der Waals surface area contributed by atoms with Gasteiger partial charge < -0.3 is 0 Å². The third-order valence-corrected chi connectivity index (χ3v) is 3.62. The van der Waals surface area contributed by atoms with Gasteiger partial charge in [-0.25, -0.2) is 9.97 Å². The van der Waals surface area contributed by atoms with E-state index in [9.17, 15) is 4.79 Å². The minimum atomic E-state index is -0.0332. The standard InChI is InChI=1S/C12H8ClN3OS/c13-10-5-8(1-3-14-10)6-16-7-15-11-9(12(16)17)2-4-18-11/h1-5,7H,6H2. The summed E-state index contributed by atoms with van der Waals surface area (Å²) in [5.41, 5.74) is 0.891. The van der Waals surface area contributed by atoms with Gasteiger partial charge in [0, 0.05) is 6.20 Å². The van der Waals surface area contributed by atoms with Crippen molar-refractivity contribution in [2.45, 2.75) is 6.54 Å². The number of halogens is 1. The Morgan fingerprint density at radius 3 is 3.06 bits per heavy atom. The van der Waals surface area contributed by atoms with Gasteiger partial charge in [0.25, 0.3) is 5.56 Å². The average Bonchev–Trinajstić information content (AvgIpc) is 2.82. The first kappa shape index (κ1) is 11.4. The normalized spacial score (nSPS) is 10.9. The predicted molar refractivity (Wildman–Crippen MR) is 72.2 cm³/mol. The Labute approximate surface area is 112 Å². The van der Waals surface area contributed by atoms with Crippen molar-refractivity contribution in [1.29, 1.82) is 0 Å². The molecule has 0 saturated heterocycles. The second-order valence-corrected chi connectivity index (χ2v) is 5.09. The number of aromatic nitrogens is 3. The molecule has 0 fully saturated rings. The molecular formula is C12H8ClN3OS. The van der Waals surface area contributed by atoms with E-state index in [4.69, 9.17) is 11.6 Å². The predicted octanol–water partition coefficient (Wildman–Crippen LogP) is 2.55. The van der Waals surface area contributed by atoms with Crippen LogP contribution >= 0.6 is 22.9 Å². The number of nitrogens with zero attached hydrogens (tertiary/aromatic N) is 3. The summed E-state index contributed by atoms with van der Waals surface area (Å²) in [6.07, 6.45) is 3.19. The van der Waals surface area contributed by atoms with Crippen molar-refractivity contribution in [2.24, 2.45) is 0 Å². The third-order valence-electron chi connectivity index (χ3n) is 2.59. The van der Waals surface area contributed by atoms with E-state index in [1.165, 1.54) is 11.3 Å². The lowest BCUT2D eigenvalue weighted by atomic mass is 10.2. The number of pyridine rings is 1. The number of fused-ring (bicyclic) bond motifs is 1. The van der Waals surface area contributed by atoms with Gasteiger partial charge in [-0.05, 0) is 29.1 Å². The van der Waals surface area contributed by atoms with Crippen LogP contribution in [0.25, 0.3) is 10.2 Å². The zero-order valence-corrected chi connectivity index (χ0v) is 10.8. The highest BCUT2D eigenvalue weighted by molar-refractivity contribution is 7.16. The van der Waals surface area contributed by atoms with E-state index in [2.05, 4.69) is 9.97 Å². The van der Waals surface area contributed by atoms with Crippen LogP contribution in [0.2, 0.25) is 5.15 Å². The van der Waals surface area contributed by atoms with E-state index >= 15 is 0 Å². The molecule has 0 spiro atoms. The number of rotatable bonds is 2. The van der Waals surface area contributed by atoms with Gasteiger partial charge in [0.05, 0.1) is 18.3 Å². The first-order valence-corrected chi connectivity index (χ1v) is 6.53. The summed E-state index contributed by atoms with van der Waals surface area (Å²) in [5.74, 6) is 0. The van der Waals surface area contributed by atoms with Crippen molar-refractivity contribution in [3.63, 3.8) is 0 Å². The maximum absolute atomic E-state index is 12.2. The fourth-order valence-electron chi connectivity index (χ4n) is 1.74. The summed E-state index contributed by atoms with van der Waals surface area (Å²) >= 11 is 7.28. The molecule has 0 N–H and O–H groups in total. The second-order valence-electron chi connectivity index (χ2n) is 3.80. The highest BCUT2D eigenvalue weighted by Crippen LogP contribution is 2.14. The van der Waals surface area contributed by atoms with E-state index in [1.54, 1.807) is 29.2 Å². The van der Waals surface area contributed by atoms with Crippen LogP contribution < -0.4 is 5.56 Å². The Hall–Kier alpha value is -1.72. The topological polar surface area (TPSA) is 47.8 Å². The molecule has 0 radical (unpaired) electrons. The van der Waals surface area contributed by atoms with Crippen molar-refractivity contribution < 1.29 is 0 Å². The van der Waals surface area contributed by atoms with Crippen LogP contribution in [0.1, 0.15) is 5.56 Å². The van der Waals surface area contributed by atoms with Crippen LogP contribution in [-0.2, 0) is 6.54 Å². The first-order valence-electron chi connectivity index (χ1n) is 5.27. The Morgan fingerprint density at radius 2 is 2.22 bits per heavy atom. The average molecular weight is 278 g/mol. The molecule has 0 aliphatic heterocycles. The zero-order chi connectivity index (χ0) is 12.5. The molecule has 6 heteroatoms. The quantitative estimate of drug-likeness (QED) is 0.677. The molecule has 0 unspecified atom stereocenters. The monoisotopic (exact) mass is 277 g/mol. The van der Waals surface area contributed by atoms with E-state index in [-0.39, 0.29) is 5.56 Å². The van der Waals surface area contributed by atoms with Crippen molar-refractivity contribution in [3.05, 3.63) is 57.2 Å². The third kappa shape index (κ3) is 2.02. The molecule has 0 amide bonds. The van der Waals surface area contributed by atoms with Gasteiger partial charge in [0.1, 0.15) is 9.98 Å². The molecule has 3 rings (SSSR count). The fourth-order valence-corrected chi connectivity index (χ4v) is 2.66.